The first-order chi connectivity index (χ1) is 15.1. The van der Waals surface area contributed by atoms with Gasteiger partial charge in [-0.05, 0) is 36.8 Å². The molecule has 0 fully saturated rings. The van der Waals surface area contributed by atoms with Gasteiger partial charge in [0.25, 0.3) is 0 Å². The van der Waals surface area contributed by atoms with E-state index < -0.39 is 23.0 Å². The van der Waals surface area contributed by atoms with E-state index in [1.165, 1.54) is 6.07 Å². The van der Waals surface area contributed by atoms with Gasteiger partial charge in [0.15, 0.2) is 0 Å². The molecule has 3 aromatic carbocycles. The van der Waals surface area contributed by atoms with E-state index in [-0.39, 0.29) is 5.57 Å². The van der Waals surface area contributed by atoms with Gasteiger partial charge in [-0.15, -0.1) is 0 Å². The summed E-state index contributed by atoms with van der Waals surface area (Å²) in [5, 5.41) is 10.4. The number of aromatic nitrogens is 1. The van der Waals surface area contributed by atoms with Crippen LogP contribution in [0.15, 0.2) is 78.4 Å². The Kier molecular flexibility index (Phi) is 5.46. The maximum Gasteiger partial charge on any atom is 0.206 e. The van der Waals surface area contributed by atoms with E-state index in [2.05, 4.69) is 0 Å². The number of allylic oxidation sites excluding steroid dienone is 1. The predicted molar refractivity (Wildman–Crippen MR) is 117 cm³/mol. The number of nitrogens with zero attached hydrogens (tertiary/aromatic N) is 2. The molecule has 31 heavy (non-hydrogen) atoms. The average molecular weight is 412 g/mol. The molecule has 0 atom stereocenters. The zero-order valence-electron chi connectivity index (χ0n) is 16.8. The lowest BCUT2D eigenvalue weighted by molar-refractivity contribution is 0.104. The molecule has 1 heterocycles. The Morgan fingerprint density at radius 1 is 0.968 bits per heavy atom. The second-order valence-electron chi connectivity index (χ2n) is 6.99. The maximum atomic E-state index is 14.2. The number of benzene rings is 3. The highest BCUT2D eigenvalue weighted by molar-refractivity contribution is 6.23. The summed E-state index contributed by atoms with van der Waals surface area (Å²) < 4.78 is 30.3. The summed E-state index contributed by atoms with van der Waals surface area (Å²) in [7, 11) is 0. The van der Waals surface area contributed by atoms with Gasteiger partial charge < -0.3 is 4.57 Å². The Bertz CT molecular complexity index is 1340. The highest BCUT2D eigenvalue weighted by atomic mass is 19.1. The molecule has 0 spiro atoms. The number of hydrogen-bond donors (Lipinski definition) is 0. The van der Waals surface area contributed by atoms with Crippen molar-refractivity contribution in [3.8, 4) is 17.3 Å². The third-order valence-electron chi connectivity index (χ3n) is 5.21. The summed E-state index contributed by atoms with van der Waals surface area (Å²) in [6.45, 7) is 2.58. The largest absolute Gasteiger partial charge is 0.340 e. The maximum absolute atomic E-state index is 14.2. The topological polar surface area (TPSA) is 45.8 Å². The predicted octanol–water partition coefficient (Wildman–Crippen LogP) is 6.40. The van der Waals surface area contributed by atoms with Crippen LogP contribution in [0.2, 0.25) is 0 Å². The number of ketones is 1. The van der Waals surface area contributed by atoms with Crippen molar-refractivity contribution in [3.05, 3.63) is 101 Å². The van der Waals surface area contributed by atoms with Crippen LogP contribution in [-0.4, -0.2) is 10.4 Å². The molecule has 0 bridgehead atoms. The number of carbonyl (C=O) groups is 1. The molecule has 4 aromatic rings. The Balaban J connectivity index is 2.00. The highest BCUT2D eigenvalue weighted by Crippen LogP contribution is 2.35. The SMILES string of the molecule is CCn1c(-c2ccccc2)c(C(=O)/C(C#N)=C/c2c(F)cccc2F)c2ccccc21. The summed E-state index contributed by atoms with van der Waals surface area (Å²) in [5.74, 6) is -2.24. The second-order valence-corrected chi connectivity index (χ2v) is 6.99. The standard InChI is InChI=1S/C26H18F2N2O/c1-2-30-23-14-7-6-11-19(23)24(25(30)17-9-4-3-5-10-17)26(31)18(16-29)15-20-21(27)12-8-13-22(20)28/h3-15H,2H2,1H3/b18-15+. The summed E-state index contributed by atoms with van der Waals surface area (Å²) in [5.41, 5.74) is 1.94. The van der Waals surface area contributed by atoms with E-state index >= 15 is 0 Å². The van der Waals surface area contributed by atoms with Crippen molar-refractivity contribution in [2.75, 3.05) is 0 Å². The third-order valence-corrected chi connectivity index (χ3v) is 5.21. The fraction of sp³-hybridized carbons (Fsp3) is 0.0769. The van der Waals surface area contributed by atoms with E-state index in [1.807, 2.05) is 72.2 Å². The Hall–Kier alpha value is -4.04. The molecule has 1 aromatic heterocycles. The number of hydrogen-bond acceptors (Lipinski definition) is 2. The minimum atomic E-state index is -0.834. The van der Waals surface area contributed by atoms with Crippen LogP contribution >= 0.6 is 0 Å². The first kappa shape index (κ1) is 20.2. The number of fused-ring (bicyclic) bond motifs is 1. The first-order valence-electron chi connectivity index (χ1n) is 9.84. The quantitative estimate of drug-likeness (QED) is 0.216. The average Bonchev–Trinajstić information content (AvgIpc) is 3.13. The second kappa shape index (κ2) is 8.37. The number of para-hydroxylation sites is 1. The van der Waals surface area contributed by atoms with Gasteiger partial charge in [-0.3, -0.25) is 4.79 Å². The number of rotatable bonds is 5. The van der Waals surface area contributed by atoms with Crippen LogP contribution in [0.1, 0.15) is 22.8 Å². The minimum Gasteiger partial charge on any atom is -0.340 e. The molecular weight excluding hydrogens is 394 g/mol. The minimum absolute atomic E-state index is 0.333. The molecule has 0 saturated heterocycles. The van der Waals surface area contributed by atoms with Crippen molar-refractivity contribution < 1.29 is 13.6 Å². The van der Waals surface area contributed by atoms with Crippen LogP contribution < -0.4 is 0 Å². The number of Topliss-reactive ketones (excluding diaryl/α,β-unsaturated/α-hetero) is 1. The molecule has 0 N–H and O–H groups in total. The van der Waals surface area contributed by atoms with Crippen LogP contribution in [0.5, 0.6) is 0 Å². The van der Waals surface area contributed by atoms with Gasteiger partial charge in [0.1, 0.15) is 23.3 Å². The van der Waals surface area contributed by atoms with Gasteiger partial charge in [0.2, 0.25) is 5.78 Å². The number of halogens is 2. The molecule has 0 aliphatic carbocycles. The third kappa shape index (κ3) is 3.53. The van der Waals surface area contributed by atoms with Crippen LogP contribution in [0.3, 0.4) is 0 Å². The van der Waals surface area contributed by atoms with Gasteiger partial charge >= 0.3 is 0 Å². The van der Waals surface area contributed by atoms with Gasteiger partial charge in [-0.2, -0.15) is 5.26 Å². The summed E-state index contributed by atoms with van der Waals surface area (Å²) >= 11 is 0. The van der Waals surface area contributed by atoms with E-state index in [0.717, 1.165) is 29.3 Å². The molecule has 0 aliphatic rings. The molecule has 0 aliphatic heterocycles. The monoisotopic (exact) mass is 412 g/mol. The van der Waals surface area contributed by atoms with Crippen LogP contribution in [-0.2, 0) is 6.54 Å². The summed E-state index contributed by atoms with van der Waals surface area (Å²) in [6.07, 6.45) is 0.986. The van der Waals surface area contributed by atoms with E-state index in [9.17, 15) is 18.8 Å². The first-order valence-corrected chi connectivity index (χ1v) is 9.84. The fourth-order valence-corrected chi connectivity index (χ4v) is 3.83. The molecular formula is C26H18F2N2O. The Labute approximate surface area is 178 Å². The molecule has 0 unspecified atom stereocenters. The summed E-state index contributed by atoms with van der Waals surface area (Å²) in [4.78, 5) is 13.6. The number of nitriles is 1. The number of carbonyl (C=O) groups excluding carboxylic acids is 1. The fourth-order valence-electron chi connectivity index (χ4n) is 3.83. The van der Waals surface area contributed by atoms with Gasteiger partial charge in [-0.25, -0.2) is 8.78 Å². The Morgan fingerprint density at radius 2 is 1.61 bits per heavy atom. The highest BCUT2D eigenvalue weighted by Gasteiger charge is 2.25. The van der Waals surface area contributed by atoms with Crippen LogP contribution in [0, 0.1) is 23.0 Å². The van der Waals surface area contributed by atoms with Crippen molar-refractivity contribution in [1.29, 1.82) is 5.26 Å². The smallest absolute Gasteiger partial charge is 0.206 e. The van der Waals surface area contributed by atoms with Crippen molar-refractivity contribution >= 4 is 22.8 Å². The molecule has 4 rings (SSSR count). The lowest BCUT2D eigenvalue weighted by Crippen LogP contribution is -2.06. The molecule has 0 saturated carbocycles. The van der Waals surface area contributed by atoms with Crippen molar-refractivity contribution in [2.24, 2.45) is 0 Å². The Morgan fingerprint density at radius 3 is 2.26 bits per heavy atom. The zero-order chi connectivity index (χ0) is 22.0. The van der Waals surface area contributed by atoms with Gasteiger partial charge in [0, 0.05) is 23.0 Å². The molecule has 0 radical (unpaired) electrons. The van der Waals surface area contributed by atoms with Gasteiger partial charge in [-0.1, -0.05) is 54.6 Å². The van der Waals surface area contributed by atoms with Crippen molar-refractivity contribution in [2.45, 2.75) is 13.5 Å². The summed E-state index contributed by atoms with van der Waals surface area (Å²) in [6, 6.07) is 22.1. The van der Waals surface area contributed by atoms with Gasteiger partial charge in [0.05, 0.1) is 11.3 Å². The molecule has 0 amide bonds. The normalized spacial score (nSPS) is 11.5. The molecule has 152 valence electrons. The molecule has 5 heteroatoms. The molecule has 3 nitrogen and oxygen atoms in total. The lowest BCUT2D eigenvalue weighted by Gasteiger charge is -2.10. The van der Waals surface area contributed by atoms with Crippen LogP contribution in [0.25, 0.3) is 28.2 Å². The lowest BCUT2D eigenvalue weighted by atomic mass is 9.96. The van der Waals surface area contributed by atoms with Crippen LogP contribution in [0.4, 0.5) is 8.78 Å². The van der Waals surface area contributed by atoms with Crippen molar-refractivity contribution in [3.63, 3.8) is 0 Å². The zero-order valence-corrected chi connectivity index (χ0v) is 16.8. The van der Waals surface area contributed by atoms with E-state index in [4.69, 9.17) is 0 Å². The van der Waals surface area contributed by atoms with Crippen molar-refractivity contribution in [1.82, 2.24) is 4.57 Å². The van der Waals surface area contributed by atoms with E-state index in [0.29, 0.717) is 23.2 Å². The number of aryl methyl sites for hydroxylation is 1. The van der Waals surface area contributed by atoms with E-state index in [1.54, 1.807) is 0 Å².